The Morgan fingerprint density at radius 1 is 1.47 bits per heavy atom. The van der Waals surface area contributed by atoms with Crippen LogP contribution in [0.25, 0.3) is 0 Å². The number of aliphatic hydroxyl groups excluding tert-OH is 1. The van der Waals surface area contributed by atoms with E-state index in [4.69, 9.17) is 5.73 Å². The summed E-state index contributed by atoms with van der Waals surface area (Å²) in [5.41, 5.74) is 5.91. The number of nitrogens with two attached hydrogens (primary N) is 1. The fourth-order valence-corrected chi connectivity index (χ4v) is 4.28. The summed E-state index contributed by atoms with van der Waals surface area (Å²) < 4.78 is 26.7. The summed E-state index contributed by atoms with van der Waals surface area (Å²) in [6.45, 7) is 0.358. The van der Waals surface area contributed by atoms with Crippen LogP contribution in [-0.4, -0.2) is 42.0 Å². The quantitative estimate of drug-likeness (QED) is 0.816. The summed E-state index contributed by atoms with van der Waals surface area (Å²) in [7, 11) is -3.64. The molecule has 0 spiro atoms. The molecule has 1 aromatic rings. The number of piperidine rings is 1. The van der Waals surface area contributed by atoms with Crippen LogP contribution in [-0.2, 0) is 16.6 Å². The van der Waals surface area contributed by atoms with Crippen molar-refractivity contribution in [1.82, 2.24) is 9.29 Å². The van der Waals surface area contributed by atoms with Gasteiger partial charge < -0.3 is 10.8 Å². The Hall–Kier alpha value is -1.02. The Balaban J connectivity index is 2.40. The molecule has 106 valence electrons. The molecule has 0 aromatic carbocycles. The van der Waals surface area contributed by atoms with Crippen molar-refractivity contribution in [3.8, 4) is 0 Å². The number of nitrogens with zero attached hydrogens (tertiary/aromatic N) is 2. The fraction of sp³-hybridized carbons (Fsp3) is 0.583. The molecule has 1 fully saturated rings. The topological polar surface area (TPSA) is 96.5 Å². The number of aliphatic hydroxyl groups is 1. The molecule has 0 radical (unpaired) electrons. The van der Waals surface area contributed by atoms with E-state index in [0.717, 1.165) is 12.8 Å². The van der Waals surface area contributed by atoms with Crippen LogP contribution in [0.3, 0.4) is 0 Å². The minimum atomic E-state index is -3.64. The van der Waals surface area contributed by atoms with Gasteiger partial charge in [-0.1, -0.05) is 6.42 Å². The van der Waals surface area contributed by atoms with Gasteiger partial charge in [0.2, 0.25) is 10.0 Å². The predicted molar refractivity (Wildman–Crippen MR) is 70.7 cm³/mol. The molecule has 1 aromatic heterocycles. The van der Waals surface area contributed by atoms with Crippen LogP contribution in [0, 0.1) is 0 Å². The molecular weight excluding hydrogens is 266 g/mol. The molecule has 2 heterocycles. The molecule has 0 bridgehead atoms. The molecule has 1 atom stereocenters. The fourth-order valence-electron chi connectivity index (χ4n) is 2.41. The molecule has 2 rings (SSSR count). The zero-order valence-electron chi connectivity index (χ0n) is 10.7. The maximum atomic E-state index is 12.7. The SMILES string of the molecule is NCc1ncccc1S(=O)(=O)N1CCCCC1CO. The second kappa shape index (κ2) is 5.96. The Labute approximate surface area is 113 Å². The average Bonchev–Trinajstić information content (AvgIpc) is 2.47. The standard InChI is InChI=1S/C12H19N3O3S/c13-8-11-12(5-3-6-14-11)19(17,18)15-7-2-1-4-10(15)9-16/h3,5-6,10,16H,1-2,4,7-9,13H2. The first-order chi connectivity index (χ1) is 9.11. The van der Waals surface area contributed by atoms with E-state index in [2.05, 4.69) is 4.98 Å². The van der Waals surface area contributed by atoms with Crippen LogP contribution in [0.1, 0.15) is 25.0 Å². The highest BCUT2D eigenvalue weighted by Gasteiger charge is 2.34. The maximum absolute atomic E-state index is 12.7. The predicted octanol–water partition coefficient (Wildman–Crippen LogP) is 0.0758. The van der Waals surface area contributed by atoms with Gasteiger partial charge in [-0.25, -0.2) is 8.42 Å². The molecule has 7 heteroatoms. The van der Waals surface area contributed by atoms with Crippen molar-refractivity contribution in [3.63, 3.8) is 0 Å². The molecule has 19 heavy (non-hydrogen) atoms. The van der Waals surface area contributed by atoms with E-state index in [0.29, 0.717) is 18.7 Å². The number of hydrogen-bond acceptors (Lipinski definition) is 5. The van der Waals surface area contributed by atoms with Crippen molar-refractivity contribution < 1.29 is 13.5 Å². The molecular formula is C12H19N3O3S. The lowest BCUT2D eigenvalue weighted by Crippen LogP contribution is -2.45. The lowest BCUT2D eigenvalue weighted by molar-refractivity contribution is 0.155. The zero-order chi connectivity index (χ0) is 13.9. The van der Waals surface area contributed by atoms with Gasteiger partial charge in [0.15, 0.2) is 0 Å². The third-order valence-corrected chi connectivity index (χ3v) is 5.44. The van der Waals surface area contributed by atoms with Crippen LogP contribution >= 0.6 is 0 Å². The summed E-state index contributed by atoms with van der Waals surface area (Å²) in [6.07, 6.45) is 3.97. The van der Waals surface area contributed by atoms with E-state index >= 15 is 0 Å². The van der Waals surface area contributed by atoms with Gasteiger partial charge in [0.1, 0.15) is 4.90 Å². The zero-order valence-corrected chi connectivity index (χ0v) is 11.5. The highest BCUT2D eigenvalue weighted by molar-refractivity contribution is 7.89. The molecule has 3 N–H and O–H groups in total. The normalized spacial score (nSPS) is 21.5. The molecule has 0 amide bonds. The second-order valence-corrected chi connectivity index (χ2v) is 6.46. The van der Waals surface area contributed by atoms with Crippen molar-refractivity contribution in [2.45, 2.75) is 36.7 Å². The third-order valence-electron chi connectivity index (χ3n) is 3.41. The Morgan fingerprint density at radius 2 is 2.26 bits per heavy atom. The van der Waals surface area contributed by atoms with E-state index in [-0.39, 0.29) is 24.1 Å². The van der Waals surface area contributed by atoms with Gasteiger partial charge >= 0.3 is 0 Å². The highest BCUT2D eigenvalue weighted by atomic mass is 32.2. The summed E-state index contributed by atoms with van der Waals surface area (Å²) >= 11 is 0. The number of pyridine rings is 1. The first kappa shape index (κ1) is 14.4. The molecule has 1 aliphatic rings. The maximum Gasteiger partial charge on any atom is 0.245 e. The van der Waals surface area contributed by atoms with Crippen LogP contribution in [0.2, 0.25) is 0 Å². The molecule has 1 unspecified atom stereocenters. The van der Waals surface area contributed by atoms with E-state index in [1.165, 1.54) is 16.6 Å². The van der Waals surface area contributed by atoms with Gasteiger partial charge in [0.25, 0.3) is 0 Å². The lowest BCUT2D eigenvalue weighted by atomic mass is 10.1. The van der Waals surface area contributed by atoms with E-state index in [9.17, 15) is 13.5 Å². The van der Waals surface area contributed by atoms with Crippen molar-refractivity contribution >= 4 is 10.0 Å². The minimum absolute atomic E-state index is 0.0764. The Morgan fingerprint density at radius 3 is 2.95 bits per heavy atom. The van der Waals surface area contributed by atoms with Crippen LogP contribution in [0.4, 0.5) is 0 Å². The van der Waals surface area contributed by atoms with Gasteiger partial charge in [0, 0.05) is 25.3 Å². The van der Waals surface area contributed by atoms with Crippen molar-refractivity contribution in [3.05, 3.63) is 24.0 Å². The number of sulfonamides is 1. The summed E-state index contributed by atoms with van der Waals surface area (Å²) in [6, 6.07) is 2.77. The first-order valence-corrected chi connectivity index (χ1v) is 7.82. The minimum Gasteiger partial charge on any atom is -0.395 e. The molecule has 1 saturated heterocycles. The average molecular weight is 285 g/mol. The van der Waals surface area contributed by atoms with Gasteiger partial charge in [-0.3, -0.25) is 4.98 Å². The van der Waals surface area contributed by atoms with Gasteiger partial charge in [-0.15, -0.1) is 0 Å². The Bertz CT molecular complexity index is 533. The van der Waals surface area contributed by atoms with E-state index in [1.807, 2.05) is 0 Å². The Kier molecular flexibility index (Phi) is 4.51. The third kappa shape index (κ3) is 2.79. The van der Waals surface area contributed by atoms with Gasteiger partial charge in [-0.2, -0.15) is 4.31 Å². The lowest BCUT2D eigenvalue weighted by Gasteiger charge is -2.33. The smallest absolute Gasteiger partial charge is 0.245 e. The van der Waals surface area contributed by atoms with Gasteiger partial charge in [-0.05, 0) is 25.0 Å². The highest BCUT2D eigenvalue weighted by Crippen LogP contribution is 2.26. The molecule has 0 saturated carbocycles. The monoisotopic (exact) mass is 285 g/mol. The van der Waals surface area contributed by atoms with Crippen LogP contribution < -0.4 is 5.73 Å². The number of hydrogen-bond donors (Lipinski definition) is 2. The van der Waals surface area contributed by atoms with Crippen molar-refractivity contribution in [2.75, 3.05) is 13.2 Å². The van der Waals surface area contributed by atoms with Crippen molar-refractivity contribution in [1.29, 1.82) is 0 Å². The second-order valence-electron chi connectivity index (χ2n) is 4.60. The summed E-state index contributed by atoms with van der Waals surface area (Å²) in [5, 5.41) is 9.35. The molecule has 0 aliphatic carbocycles. The molecule has 6 nitrogen and oxygen atoms in total. The van der Waals surface area contributed by atoms with E-state index in [1.54, 1.807) is 6.07 Å². The number of aromatic nitrogens is 1. The first-order valence-electron chi connectivity index (χ1n) is 6.38. The molecule has 1 aliphatic heterocycles. The van der Waals surface area contributed by atoms with Gasteiger partial charge in [0.05, 0.1) is 12.3 Å². The number of rotatable bonds is 4. The largest absolute Gasteiger partial charge is 0.395 e. The van der Waals surface area contributed by atoms with E-state index < -0.39 is 10.0 Å². The summed E-state index contributed by atoms with van der Waals surface area (Å²) in [4.78, 5) is 4.17. The summed E-state index contributed by atoms with van der Waals surface area (Å²) in [5.74, 6) is 0. The van der Waals surface area contributed by atoms with Crippen molar-refractivity contribution in [2.24, 2.45) is 5.73 Å². The van der Waals surface area contributed by atoms with Crippen LogP contribution in [0.5, 0.6) is 0 Å². The van der Waals surface area contributed by atoms with Crippen LogP contribution in [0.15, 0.2) is 23.2 Å².